The molecule has 0 amide bonds. The van der Waals surface area contributed by atoms with Gasteiger partial charge in [-0.2, -0.15) is 0 Å². The van der Waals surface area contributed by atoms with Crippen LogP contribution in [0.1, 0.15) is 20.3 Å². The molecule has 0 radical (unpaired) electrons. The zero-order valence-electron chi connectivity index (χ0n) is 10.0. The van der Waals surface area contributed by atoms with E-state index in [4.69, 9.17) is 9.47 Å². The fraction of sp³-hybridized carbons (Fsp3) is 0.538. The summed E-state index contributed by atoms with van der Waals surface area (Å²) in [5, 5.41) is 0. The highest BCUT2D eigenvalue weighted by Gasteiger charge is 2.07. The van der Waals surface area contributed by atoms with E-state index in [0.29, 0.717) is 13.2 Å². The van der Waals surface area contributed by atoms with Crippen LogP contribution in [0.2, 0.25) is 0 Å². The van der Waals surface area contributed by atoms with E-state index >= 15 is 0 Å². The summed E-state index contributed by atoms with van der Waals surface area (Å²) in [5.41, 5.74) is 0. The lowest BCUT2D eigenvalue weighted by Gasteiger charge is -2.16. The highest BCUT2D eigenvalue weighted by atomic mass is 32.2. The largest absolute Gasteiger partial charge is 0.353 e. The Morgan fingerprint density at radius 1 is 1.06 bits per heavy atom. The van der Waals surface area contributed by atoms with Crippen molar-refractivity contribution in [3.8, 4) is 0 Å². The maximum atomic E-state index is 5.48. The van der Waals surface area contributed by atoms with Crippen LogP contribution in [-0.4, -0.2) is 25.3 Å². The Kier molecular flexibility index (Phi) is 7.30. The van der Waals surface area contributed by atoms with Gasteiger partial charge in [-0.05, 0) is 26.0 Å². The lowest BCUT2D eigenvalue weighted by molar-refractivity contribution is -0.136. The van der Waals surface area contributed by atoms with Crippen molar-refractivity contribution in [3.63, 3.8) is 0 Å². The third-order valence-corrected chi connectivity index (χ3v) is 3.12. The summed E-state index contributed by atoms with van der Waals surface area (Å²) < 4.78 is 11.0. The molecule has 1 aromatic carbocycles. The Morgan fingerprint density at radius 2 is 1.69 bits per heavy atom. The van der Waals surface area contributed by atoms with Gasteiger partial charge < -0.3 is 9.47 Å². The number of thioether (sulfide) groups is 1. The molecule has 0 heterocycles. The fourth-order valence-corrected chi connectivity index (χ4v) is 2.27. The Bertz CT molecular complexity index is 258. The number of hydrogen-bond acceptors (Lipinski definition) is 3. The molecule has 0 fully saturated rings. The quantitative estimate of drug-likeness (QED) is 0.511. The average Bonchev–Trinajstić information content (AvgIpc) is 2.31. The molecule has 16 heavy (non-hydrogen) atoms. The van der Waals surface area contributed by atoms with Gasteiger partial charge in [0.05, 0.1) is 0 Å². The van der Waals surface area contributed by atoms with Crippen LogP contribution in [0, 0.1) is 0 Å². The first-order valence-electron chi connectivity index (χ1n) is 5.77. The SMILES string of the molecule is CCOC(CCSc1ccccc1)OCC. The molecular formula is C13H20O2S. The van der Waals surface area contributed by atoms with E-state index in [1.807, 2.05) is 31.7 Å². The van der Waals surface area contributed by atoms with Crippen molar-refractivity contribution in [2.45, 2.75) is 31.5 Å². The lowest BCUT2D eigenvalue weighted by atomic mass is 10.4. The molecule has 0 saturated carbocycles. The van der Waals surface area contributed by atoms with Gasteiger partial charge in [0, 0.05) is 30.3 Å². The Morgan fingerprint density at radius 3 is 2.25 bits per heavy atom. The second-order valence-corrected chi connectivity index (χ2v) is 4.46. The van der Waals surface area contributed by atoms with Gasteiger partial charge in [0.25, 0.3) is 0 Å². The van der Waals surface area contributed by atoms with Gasteiger partial charge in [-0.1, -0.05) is 18.2 Å². The molecule has 90 valence electrons. The molecule has 2 nitrogen and oxygen atoms in total. The van der Waals surface area contributed by atoms with E-state index in [1.54, 1.807) is 0 Å². The lowest BCUT2D eigenvalue weighted by Crippen LogP contribution is -2.18. The van der Waals surface area contributed by atoms with Gasteiger partial charge in [-0.15, -0.1) is 11.8 Å². The Balaban J connectivity index is 2.22. The van der Waals surface area contributed by atoms with Crippen molar-refractivity contribution in [1.82, 2.24) is 0 Å². The molecule has 0 aliphatic heterocycles. The first kappa shape index (κ1) is 13.6. The maximum Gasteiger partial charge on any atom is 0.158 e. The van der Waals surface area contributed by atoms with Gasteiger partial charge in [0.1, 0.15) is 0 Å². The minimum absolute atomic E-state index is 0.0498. The van der Waals surface area contributed by atoms with Crippen LogP contribution in [0.3, 0.4) is 0 Å². The molecule has 1 rings (SSSR count). The van der Waals surface area contributed by atoms with Gasteiger partial charge in [0.2, 0.25) is 0 Å². The van der Waals surface area contributed by atoms with Crippen molar-refractivity contribution in [2.24, 2.45) is 0 Å². The Hall–Kier alpha value is -0.510. The molecule has 0 bridgehead atoms. The molecule has 1 aromatic rings. The second kappa shape index (κ2) is 8.62. The van der Waals surface area contributed by atoms with E-state index in [0.717, 1.165) is 12.2 Å². The molecule has 0 spiro atoms. The van der Waals surface area contributed by atoms with Crippen LogP contribution in [-0.2, 0) is 9.47 Å². The molecule has 0 aliphatic rings. The number of ether oxygens (including phenoxy) is 2. The molecule has 0 N–H and O–H groups in total. The first-order valence-corrected chi connectivity index (χ1v) is 6.76. The van der Waals surface area contributed by atoms with Crippen molar-refractivity contribution >= 4 is 11.8 Å². The minimum Gasteiger partial charge on any atom is -0.353 e. The molecule has 0 aromatic heterocycles. The molecule has 0 saturated heterocycles. The van der Waals surface area contributed by atoms with Gasteiger partial charge in [0.15, 0.2) is 6.29 Å². The topological polar surface area (TPSA) is 18.5 Å². The van der Waals surface area contributed by atoms with Crippen LogP contribution in [0.5, 0.6) is 0 Å². The Labute approximate surface area is 102 Å². The average molecular weight is 240 g/mol. The van der Waals surface area contributed by atoms with Crippen LogP contribution in [0.4, 0.5) is 0 Å². The van der Waals surface area contributed by atoms with Crippen LogP contribution in [0.15, 0.2) is 35.2 Å². The summed E-state index contributed by atoms with van der Waals surface area (Å²) in [6, 6.07) is 10.4. The number of hydrogen-bond donors (Lipinski definition) is 0. The number of benzene rings is 1. The highest BCUT2D eigenvalue weighted by molar-refractivity contribution is 7.99. The van der Waals surface area contributed by atoms with Crippen molar-refractivity contribution in [2.75, 3.05) is 19.0 Å². The summed E-state index contributed by atoms with van der Waals surface area (Å²) in [7, 11) is 0. The third kappa shape index (κ3) is 5.54. The van der Waals surface area contributed by atoms with E-state index < -0.39 is 0 Å². The van der Waals surface area contributed by atoms with Gasteiger partial charge in [-0.25, -0.2) is 0 Å². The van der Waals surface area contributed by atoms with Gasteiger partial charge >= 0.3 is 0 Å². The summed E-state index contributed by atoms with van der Waals surface area (Å²) in [6.07, 6.45) is 0.882. The van der Waals surface area contributed by atoms with E-state index in [1.165, 1.54) is 4.90 Å². The smallest absolute Gasteiger partial charge is 0.158 e. The predicted octanol–water partition coefficient (Wildman–Crippen LogP) is 3.57. The van der Waals surface area contributed by atoms with Crippen molar-refractivity contribution < 1.29 is 9.47 Å². The predicted molar refractivity (Wildman–Crippen MR) is 68.8 cm³/mol. The maximum absolute atomic E-state index is 5.48. The monoisotopic (exact) mass is 240 g/mol. The summed E-state index contributed by atoms with van der Waals surface area (Å²) in [4.78, 5) is 1.30. The fourth-order valence-electron chi connectivity index (χ4n) is 1.38. The number of rotatable bonds is 8. The zero-order valence-corrected chi connectivity index (χ0v) is 10.8. The standard InChI is InChI=1S/C13H20O2S/c1-3-14-13(15-4-2)10-11-16-12-8-6-5-7-9-12/h5-9,13H,3-4,10-11H2,1-2H3. The molecule has 0 unspecified atom stereocenters. The van der Waals surface area contributed by atoms with Crippen LogP contribution < -0.4 is 0 Å². The van der Waals surface area contributed by atoms with Crippen molar-refractivity contribution in [1.29, 1.82) is 0 Å². The molecular weight excluding hydrogens is 220 g/mol. The van der Waals surface area contributed by atoms with Crippen molar-refractivity contribution in [3.05, 3.63) is 30.3 Å². The van der Waals surface area contributed by atoms with E-state index in [-0.39, 0.29) is 6.29 Å². The molecule has 0 aliphatic carbocycles. The minimum atomic E-state index is -0.0498. The second-order valence-electron chi connectivity index (χ2n) is 3.29. The third-order valence-electron chi connectivity index (χ3n) is 2.07. The summed E-state index contributed by atoms with van der Waals surface area (Å²) >= 11 is 1.84. The normalized spacial score (nSPS) is 10.9. The van der Waals surface area contributed by atoms with E-state index in [2.05, 4.69) is 24.3 Å². The van der Waals surface area contributed by atoms with Gasteiger partial charge in [-0.3, -0.25) is 0 Å². The summed E-state index contributed by atoms with van der Waals surface area (Å²) in [5.74, 6) is 1.02. The van der Waals surface area contributed by atoms with Crippen LogP contribution >= 0.6 is 11.8 Å². The molecule has 0 atom stereocenters. The van der Waals surface area contributed by atoms with Crippen LogP contribution in [0.25, 0.3) is 0 Å². The molecule has 3 heteroatoms. The zero-order chi connectivity index (χ0) is 11.6. The summed E-state index contributed by atoms with van der Waals surface area (Å²) in [6.45, 7) is 5.41. The first-order chi connectivity index (χ1) is 7.86. The van der Waals surface area contributed by atoms with E-state index in [9.17, 15) is 0 Å². The highest BCUT2D eigenvalue weighted by Crippen LogP contribution is 2.19.